The van der Waals surface area contributed by atoms with Gasteiger partial charge in [-0.3, -0.25) is 14.9 Å². The molecule has 3 rings (SSSR count). The van der Waals surface area contributed by atoms with Crippen LogP contribution in [0.15, 0.2) is 24.3 Å². The van der Waals surface area contributed by atoms with Crippen LogP contribution in [-0.4, -0.2) is 32.1 Å². The number of rotatable bonds is 11. The maximum absolute atomic E-state index is 12.3. The van der Waals surface area contributed by atoms with Crippen molar-refractivity contribution >= 4 is 21.8 Å². The molecular weight excluding hydrogens is 404 g/mol. The smallest absolute Gasteiger partial charge is 0.229 e. The normalized spacial score (nSPS) is 21.7. The summed E-state index contributed by atoms with van der Waals surface area (Å²) in [6.45, 7) is 2.59. The number of amides is 2. The molecule has 0 aromatic heterocycles. The van der Waals surface area contributed by atoms with Gasteiger partial charge in [-0.25, -0.2) is 13.6 Å². The van der Waals surface area contributed by atoms with Crippen molar-refractivity contribution in [3.63, 3.8) is 0 Å². The summed E-state index contributed by atoms with van der Waals surface area (Å²) >= 11 is 0. The van der Waals surface area contributed by atoms with Crippen molar-refractivity contribution in [3.05, 3.63) is 29.8 Å². The summed E-state index contributed by atoms with van der Waals surface area (Å²) in [5.41, 5.74) is 0.896. The van der Waals surface area contributed by atoms with Crippen LogP contribution in [0.4, 0.5) is 0 Å². The molecule has 2 aliphatic rings. The molecule has 0 radical (unpaired) electrons. The number of unbranched alkanes of at least 4 members (excludes halogenated alkanes) is 1. The number of piperidine rings is 1. The lowest BCUT2D eigenvalue weighted by Gasteiger charge is -2.24. The summed E-state index contributed by atoms with van der Waals surface area (Å²) in [6, 6.07) is 7.60. The number of carbonyl (C=O) groups excluding carboxylic acids is 2. The number of benzene rings is 1. The Balaban J connectivity index is 1.55. The average Bonchev–Trinajstić information content (AvgIpc) is 3.51. The Morgan fingerprint density at radius 2 is 1.97 bits per heavy atom. The first-order chi connectivity index (χ1) is 14.2. The van der Waals surface area contributed by atoms with Crippen molar-refractivity contribution in [2.75, 3.05) is 6.61 Å². The predicted molar refractivity (Wildman–Crippen MR) is 114 cm³/mol. The van der Waals surface area contributed by atoms with Gasteiger partial charge in [0.1, 0.15) is 5.75 Å². The Bertz CT molecular complexity index is 866. The van der Waals surface area contributed by atoms with Gasteiger partial charge in [0, 0.05) is 12.3 Å². The summed E-state index contributed by atoms with van der Waals surface area (Å²) in [5.74, 6) is 0.534. The number of hydrogen-bond acceptors (Lipinski definition) is 5. The van der Waals surface area contributed by atoms with E-state index in [9.17, 15) is 18.0 Å². The highest BCUT2D eigenvalue weighted by atomic mass is 32.2. The molecule has 2 unspecified atom stereocenters. The Morgan fingerprint density at radius 1 is 1.20 bits per heavy atom. The van der Waals surface area contributed by atoms with Gasteiger partial charge in [-0.15, -0.1) is 0 Å². The van der Waals surface area contributed by atoms with Crippen LogP contribution in [0.1, 0.15) is 69.8 Å². The molecule has 1 heterocycles. The molecule has 1 saturated heterocycles. The molecule has 2 fully saturated rings. The third-order valence-corrected chi connectivity index (χ3v) is 7.68. The maximum atomic E-state index is 12.3. The van der Waals surface area contributed by atoms with Crippen molar-refractivity contribution < 1.29 is 22.7 Å². The molecule has 0 bridgehead atoms. The summed E-state index contributed by atoms with van der Waals surface area (Å²) in [4.78, 5) is 23.1. The van der Waals surface area contributed by atoms with E-state index in [2.05, 4.69) is 5.32 Å². The van der Waals surface area contributed by atoms with Crippen molar-refractivity contribution in [2.45, 2.75) is 69.5 Å². The van der Waals surface area contributed by atoms with Gasteiger partial charge >= 0.3 is 0 Å². The van der Waals surface area contributed by atoms with E-state index in [1.165, 1.54) is 12.8 Å². The van der Waals surface area contributed by atoms with E-state index < -0.39 is 15.3 Å². The maximum Gasteiger partial charge on any atom is 0.229 e. The zero-order valence-electron chi connectivity index (χ0n) is 17.5. The van der Waals surface area contributed by atoms with Crippen LogP contribution in [0.3, 0.4) is 0 Å². The number of carbonyl (C=O) groups is 2. The summed E-state index contributed by atoms with van der Waals surface area (Å²) in [6.07, 6.45) is 5.80. The Hall–Kier alpha value is -1.93. The number of nitrogens with two attached hydrogens (primary N) is 1. The first-order valence-corrected chi connectivity index (χ1v) is 12.4. The van der Waals surface area contributed by atoms with E-state index in [1.54, 1.807) is 0 Å². The highest BCUT2D eigenvalue weighted by molar-refractivity contribution is 7.89. The molecule has 1 saturated carbocycles. The molecule has 1 aromatic rings. The minimum atomic E-state index is -3.73. The number of ether oxygens (including phenoxy) is 1. The largest absolute Gasteiger partial charge is 0.493 e. The molecule has 7 nitrogen and oxygen atoms in total. The quantitative estimate of drug-likeness (QED) is 0.409. The van der Waals surface area contributed by atoms with E-state index in [0.29, 0.717) is 44.6 Å². The van der Waals surface area contributed by atoms with Gasteiger partial charge < -0.3 is 4.74 Å². The van der Waals surface area contributed by atoms with Crippen LogP contribution < -0.4 is 15.2 Å². The predicted octanol–water partition coefficient (Wildman–Crippen LogP) is 2.85. The van der Waals surface area contributed by atoms with Gasteiger partial charge in [-0.2, -0.15) is 0 Å². The van der Waals surface area contributed by atoms with E-state index in [4.69, 9.17) is 9.88 Å². The Morgan fingerprint density at radius 3 is 2.63 bits per heavy atom. The lowest BCUT2D eigenvalue weighted by Crippen LogP contribution is -2.40. The number of hydrogen-bond donors (Lipinski definition) is 2. The van der Waals surface area contributed by atoms with E-state index in [-0.39, 0.29) is 23.7 Å². The fourth-order valence-electron chi connectivity index (χ4n) is 4.05. The number of sulfonamides is 1. The molecule has 166 valence electrons. The van der Waals surface area contributed by atoms with E-state index in [1.807, 2.05) is 31.2 Å². The number of imide groups is 1. The third kappa shape index (κ3) is 6.54. The zero-order valence-corrected chi connectivity index (χ0v) is 18.3. The first-order valence-electron chi connectivity index (χ1n) is 10.8. The van der Waals surface area contributed by atoms with Crippen LogP contribution in [0.5, 0.6) is 5.75 Å². The van der Waals surface area contributed by atoms with Crippen LogP contribution in [-0.2, 0) is 19.6 Å². The summed E-state index contributed by atoms with van der Waals surface area (Å²) in [7, 11) is -3.73. The molecule has 1 aliphatic heterocycles. The fourth-order valence-corrected chi connectivity index (χ4v) is 5.27. The lowest BCUT2D eigenvalue weighted by molar-refractivity contribution is -0.136. The van der Waals surface area contributed by atoms with Gasteiger partial charge in [-0.05, 0) is 61.6 Å². The van der Waals surface area contributed by atoms with Gasteiger partial charge in [0.15, 0.2) is 0 Å². The van der Waals surface area contributed by atoms with Gasteiger partial charge in [0.2, 0.25) is 21.8 Å². The molecule has 0 spiro atoms. The lowest BCUT2D eigenvalue weighted by atomic mass is 9.90. The van der Waals surface area contributed by atoms with Crippen molar-refractivity contribution in [1.29, 1.82) is 0 Å². The van der Waals surface area contributed by atoms with Crippen LogP contribution in [0, 0.1) is 11.8 Å². The van der Waals surface area contributed by atoms with Crippen LogP contribution >= 0.6 is 0 Å². The minimum Gasteiger partial charge on any atom is -0.493 e. The second kappa shape index (κ2) is 9.92. The van der Waals surface area contributed by atoms with E-state index in [0.717, 1.165) is 17.7 Å². The molecule has 2 amide bonds. The monoisotopic (exact) mass is 436 g/mol. The Kier molecular flexibility index (Phi) is 7.52. The molecule has 3 atom stereocenters. The highest BCUT2D eigenvalue weighted by Crippen LogP contribution is 2.32. The summed E-state index contributed by atoms with van der Waals surface area (Å²) < 4.78 is 30.4. The van der Waals surface area contributed by atoms with Crippen molar-refractivity contribution in [1.82, 2.24) is 5.32 Å². The third-order valence-electron chi connectivity index (χ3n) is 6.19. The number of primary sulfonamides is 1. The molecule has 1 aromatic carbocycles. The molecule has 30 heavy (non-hydrogen) atoms. The Labute approximate surface area is 178 Å². The van der Waals surface area contributed by atoms with Gasteiger partial charge in [-0.1, -0.05) is 31.9 Å². The summed E-state index contributed by atoms with van der Waals surface area (Å²) in [5, 5.41) is 7.23. The number of nitrogens with one attached hydrogen (secondary N) is 1. The zero-order chi connectivity index (χ0) is 21.7. The van der Waals surface area contributed by atoms with Gasteiger partial charge in [0.05, 0.1) is 11.9 Å². The second-order valence-electron chi connectivity index (χ2n) is 8.68. The van der Waals surface area contributed by atoms with Gasteiger partial charge in [0.25, 0.3) is 0 Å². The average molecular weight is 437 g/mol. The highest BCUT2D eigenvalue weighted by Gasteiger charge is 2.30. The fraction of sp³-hybridized carbons (Fsp3) is 0.636. The molecule has 3 N–H and O–H groups in total. The van der Waals surface area contributed by atoms with Crippen molar-refractivity contribution in [3.8, 4) is 5.75 Å². The van der Waals surface area contributed by atoms with Crippen molar-refractivity contribution in [2.24, 2.45) is 17.0 Å². The molecular formula is C22H32N2O5S. The van der Waals surface area contributed by atoms with Crippen LogP contribution in [0.25, 0.3) is 0 Å². The van der Waals surface area contributed by atoms with E-state index >= 15 is 0 Å². The first kappa shape index (κ1) is 22.7. The standard InChI is InChI=1S/C22H32N2O5S/c1-15(18-6-4-7-19(13-18)29-14-16-9-10-16)20(30(23,27)28)8-3-2-5-17-11-12-21(25)24-22(17)26/h4,6-7,13,15-17,20H,2-3,5,8-12,14H2,1H3,(H2,23,27,28)(H,24,25,26)/t15-,17?,20?/m1/s1. The molecule has 1 aliphatic carbocycles. The second-order valence-corrected chi connectivity index (χ2v) is 10.5. The molecule has 8 heteroatoms. The van der Waals surface area contributed by atoms with Crippen LogP contribution in [0.2, 0.25) is 0 Å². The SMILES string of the molecule is C[C@H](c1cccc(OCC2CC2)c1)C(CCCCC1CCC(=O)NC1=O)S(N)(=O)=O. The topological polar surface area (TPSA) is 116 Å². The minimum absolute atomic E-state index is 0.173.